The largest absolute Gasteiger partial charge is 0.478 e. The molecule has 6 nitrogen and oxygen atoms in total. The van der Waals surface area contributed by atoms with E-state index in [1.807, 2.05) is 0 Å². The van der Waals surface area contributed by atoms with Crippen LogP contribution in [-0.2, 0) is 12.6 Å². The van der Waals surface area contributed by atoms with E-state index in [0.29, 0.717) is 17.7 Å². The van der Waals surface area contributed by atoms with Gasteiger partial charge in [0.1, 0.15) is 5.82 Å². The number of hydrogen-bond acceptors (Lipinski definition) is 5. The molecule has 0 aliphatic rings. The highest BCUT2D eigenvalue weighted by Crippen LogP contribution is 2.31. The van der Waals surface area contributed by atoms with Crippen LogP contribution in [0.25, 0.3) is 11.3 Å². The number of imidazole rings is 1. The Morgan fingerprint density at radius 3 is 2.57 bits per heavy atom. The van der Waals surface area contributed by atoms with E-state index in [4.69, 9.17) is 4.74 Å². The zero-order valence-electron chi connectivity index (χ0n) is 15.3. The maximum absolute atomic E-state index is 14.3. The zero-order chi connectivity index (χ0) is 20.3. The quantitative estimate of drug-likeness (QED) is 0.434. The monoisotopic (exact) mass is 397 g/mol. The Labute approximate surface area is 158 Å². The predicted molar refractivity (Wildman–Crippen MR) is 96.1 cm³/mol. The van der Waals surface area contributed by atoms with Gasteiger partial charge in [0, 0.05) is 5.69 Å². The molecular formula is C18H19F4N5O. The van der Waals surface area contributed by atoms with Gasteiger partial charge in [-0.05, 0) is 30.5 Å². The van der Waals surface area contributed by atoms with Crippen LogP contribution in [0.5, 0.6) is 5.88 Å². The third-order valence-corrected chi connectivity index (χ3v) is 4.13. The number of fused-ring (bicyclic) bond motifs is 1. The second-order valence-electron chi connectivity index (χ2n) is 6.23. The average molecular weight is 397 g/mol. The minimum atomic E-state index is -4.65. The van der Waals surface area contributed by atoms with Gasteiger partial charge in [-0.2, -0.15) is 18.2 Å². The number of aryl methyl sites for hydroxylation is 1. The van der Waals surface area contributed by atoms with Gasteiger partial charge in [0.2, 0.25) is 5.82 Å². The lowest BCUT2D eigenvalue weighted by molar-refractivity contribution is -0.144. The number of methoxy groups -OCH3 is 1. The molecule has 0 atom stereocenters. The molecular weight excluding hydrogens is 378 g/mol. The Morgan fingerprint density at radius 1 is 1.14 bits per heavy atom. The summed E-state index contributed by atoms with van der Waals surface area (Å²) in [6.07, 6.45) is -1.04. The molecule has 0 fully saturated rings. The molecule has 0 bridgehead atoms. The molecule has 1 aromatic carbocycles. The first-order chi connectivity index (χ1) is 13.3. The molecule has 2 N–H and O–H groups in total. The molecule has 0 unspecified atom stereocenters. The number of aromatic nitrogens is 4. The van der Waals surface area contributed by atoms with E-state index in [9.17, 15) is 17.6 Å². The van der Waals surface area contributed by atoms with E-state index in [1.165, 1.54) is 13.2 Å². The summed E-state index contributed by atoms with van der Waals surface area (Å²) in [5.74, 6) is -1.58. The molecule has 3 rings (SSSR count). The van der Waals surface area contributed by atoms with Crippen LogP contribution in [0, 0.1) is 5.82 Å². The number of nitrogens with zero attached hydrogens (tertiary/aromatic N) is 3. The number of aromatic amines is 1. The SMILES string of the molecule is CCCCCc1ccc(Nc2nc3nc(C(F)(F)F)[nH]c3nc2OC)cc1F. The molecule has 0 saturated carbocycles. The predicted octanol–water partition coefficient (Wildman–Crippen LogP) is 5.00. The second kappa shape index (κ2) is 7.99. The number of H-pyrrole nitrogens is 1. The van der Waals surface area contributed by atoms with E-state index in [2.05, 4.69) is 32.2 Å². The third-order valence-electron chi connectivity index (χ3n) is 4.13. The van der Waals surface area contributed by atoms with E-state index in [0.717, 1.165) is 19.3 Å². The minimum absolute atomic E-state index is 0.0355. The van der Waals surface area contributed by atoms with Gasteiger partial charge in [0.15, 0.2) is 17.1 Å². The number of unbranched alkanes of at least 4 members (excludes halogenated alkanes) is 2. The Balaban J connectivity index is 1.87. The molecule has 2 aromatic heterocycles. The lowest BCUT2D eigenvalue weighted by Crippen LogP contribution is -2.06. The molecule has 0 aliphatic carbocycles. The van der Waals surface area contributed by atoms with Crippen LogP contribution in [0.2, 0.25) is 0 Å². The molecule has 10 heteroatoms. The first-order valence-corrected chi connectivity index (χ1v) is 8.76. The highest BCUT2D eigenvalue weighted by atomic mass is 19.4. The highest BCUT2D eigenvalue weighted by molar-refractivity contribution is 5.73. The number of rotatable bonds is 7. The molecule has 3 aromatic rings. The smallest absolute Gasteiger partial charge is 0.449 e. The molecule has 150 valence electrons. The number of halogens is 4. The Bertz CT molecular complexity index is 970. The van der Waals surface area contributed by atoms with E-state index in [-0.39, 0.29) is 28.8 Å². The van der Waals surface area contributed by atoms with E-state index in [1.54, 1.807) is 12.1 Å². The van der Waals surface area contributed by atoms with Crippen LogP contribution >= 0.6 is 0 Å². The van der Waals surface area contributed by atoms with E-state index >= 15 is 0 Å². The number of nitrogens with one attached hydrogen (secondary N) is 2. The van der Waals surface area contributed by atoms with Gasteiger partial charge in [-0.15, -0.1) is 0 Å². The molecule has 0 aliphatic heterocycles. The zero-order valence-corrected chi connectivity index (χ0v) is 15.3. The number of hydrogen-bond donors (Lipinski definition) is 2. The van der Waals surface area contributed by atoms with Crippen LogP contribution in [-0.4, -0.2) is 27.0 Å². The van der Waals surface area contributed by atoms with Gasteiger partial charge in [-0.1, -0.05) is 25.8 Å². The summed E-state index contributed by atoms with van der Waals surface area (Å²) in [4.78, 5) is 13.5. The fraction of sp³-hybridized carbons (Fsp3) is 0.389. The standard InChI is InChI=1S/C18H19F4N5O/c1-3-4-5-6-10-7-8-11(9-12(10)19)23-15-16(28-2)25-14-13(24-15)26-17(27-14)18(20,21)22/h7-9H,3-6H2,1-2H3,(H2,23,24,25,26,27). The minimum Gasteiger partial charge on any atom is -0.478 e. The average Bonchev–Trinajstić information content (AvgIpc) is 3.06. The van der Waals surface area contributed by atoms with Crippen molar-refractivity contribution in [2.24, 2.45) is 0 Å². The Morgan fingerprint density at radius 2 is 1.93 bits per heavy atom. The van der Waals surface area contributed by atoms with Crippen molar-refractivity contribution in [1.82, 2.24) is 19.9 Å². The normalized spacial score (nSPS) is 11.8. The van der Waals surface area contributed by atoms with Crippen LogP contribution < -0.4 is 10.1 Å². The lowest BCUT2D eigenvalue weighted by Gasteiger charge is -2.10. The number of ether oxygens (including phenoxy) is 1. The summed E-state index contributed by atoms with van der Waals surface area (Å²) in [5.41, 5.74) is 0.587. The van der Waals surface area contributed by atoms with Gasteiger partial charge in [-0.3, -0.25) is 0 Å². The first kappa shape index (κ1) is 19.8. The van der Waals surface area contributed by atoms with Gasteiger partial charge >= 0.3 is 6.18 Å². The summed E-state index contributed by atoms with van der Waals surface area (Å²) in [7, 11) is 1.31. The van der Waals surface area contributed by atoms with Crippen molar-refractivity contribution in [3.63, 3.8) is 0 Å². The first-order valence-electron chi connectivity index (χ1n) is 8.76. The second-order valence-corrected chi connectivity index (χ2v) is 6.23. The van der Waals surface area contributed by atoms with Crippen molar-refractivity contribution in [2.75, 3.05) is 12.4 Å². The summed E-state index contributed by atoms with van der Waals surface area (Å²) in [5, 5.41) is 2.83. The molecule has 2 heterocycles. The third kappa shape index (κ3) is 4.32. The molecule has 0 radical (unpaired) electrons. The number of anilines is 2. The van der Waals surface area contributed by atoms with Gasteiger partial charge in [0.05, 0.1) is 7.11 Å². The number of alkyl halides is 3. The van der Waals surface area contributed by atoms with Crippen molar-refractivity contribution in [2.45, 2.75) is 38.8 Å². The van der Waals surface area contributed by atoms with Gasteiger partial charge < -0.3 is 15.0 Å². The van der Waals surface area contributed by atoms with Crippen LogP contribution in [0.15, 0.2) is 18.2 Å². The molecule has 0 saturated heterocycles. The van der Waals surface area contributed by atoms with Gasteiger partial charge in [-0.25, -0.2) is 14.4 Å². The maximum Gasteiger partial charge on any atom is 0.449 e. The van der Waals surface area contributed by atoms with Crippen LogP contribution in [0.4, 0.5) is 29.1 Å². The lowest BCUT2D eigenvalue weighted by atomic mass is 10.1. The fourth-order valence-electron chi connectivity index (χ4n) is 2.71. The molecule has 0 amide bonds. The Hall–Kier alpha value is -2.91. The summed E-state index contributed by atoms with van der Waals surface area (Å²) >= 11 is 0. The van der Waals surface area contributed by atoms with Crippen LogP contribution in [0.1, 0.15) is 37.6 Å². The summed E-state index contributed by atoms with van der Waals surface area (Å²) in [6.45, 7) is 2.08. The highest BCUT2D eigenvalue weighted by Gasteiger charge is 2.35. The molecule has 28 heavy (non-hydrogen) atoms. The van der Waals surface area contributed by atoms with Crippen molar-refractivity contribution >= 4 is 22.8 Å². The van der Waals surface area contributed by atoms with Crippen LogP contribution in [0.3, 0.4) is 0 Å². The maximum atomic E-state index is 14.3. The fourth-order valence-corrected chi connectivity index (χ4v) is 2.71. The van der Waals surface area contributed by atoms with E-state index < -0.39 is 12.0 Å². The van der Waals surface area contributed by atoms with Crippen molar-refractivity contribution in [1.29, 1.82) is 0 Å². The van der Waals surface area contributed by atoms with Crippen molar-refractivity contribution < 1.29 is 22.3 Å². The van der Waals surface area contributed by atoms with Gasteiger partial charge in [0.25, 0.3) is 5.88 Å². The molecule has 0 spiro atoms. The van der Waals surface area contributed by atoms with Crippen molar-refractivity contribution in [3.8, 4) is 5.88 Å². The Kier molecular flexibility index (Phi) is 5.66. The topological polar surface area (TPSA) is 75.7 Å². The summed E-state index contributed by atoms with van der Waals surface area (Å²) < 4.78 is 57.8. The summed E-state index contributed by atoms with van der Waals surface area (Å²) in [6, 6.07) is 4.64. The van der Waals surface area contributed by atoms with Crippen molar-refractivity contribution in [3.05, 3.63) is 35.4 Å². The number of benzene rings is 1.